The summed E-state index contributed by atoms with van der Waals surface area (Å²) >= 11 is 0. The Morgan fingerprint density at radius 3 is 1.86 bits per heavy atom. The highest BCUT2D eigenvalue weighted by Gasteiger charge is 2.53. The highest BCUT2D eigenvalue weighted by Crippen LogP contribution is 2.63. The molecule has 1 aromatic heterocycles. The molecular weight excluding hydrogens is 779 g/mol. The van der Waals surface area contributed by atoms with E-state index in [1.165, 1.54) is 88.4 Å². The molecule has 15 rings (SSSR count). The lowest BCUT2D eigenvalue weighted by molar-refractivity contribution is -0.00518. The van der Waals surface area contributed by atoms with Crippen LogP contribution in [0.1, 0.15) is 73.6 Å². The van der Waals surface area contributed by atoms with Gasteiger partial charge in [0.15, 0.2) is 17.5 Å². The molecular formula is C60H47N3O. The van der Waals surface area contributed by atoms with Crippen molar-refractivity contribution in [1.82, 2.24) is 15.0 Å². The van der Waals surface area contributed by atoms with Gasteiger partial charge in [-0.25, -0.2) is 15.0 Å². The fourth-order valence-electron chi connectivity index (χ4n) is 13.8. The quantitative estimate of drug-likeness (QED) is 0.173. The van der Waals surface area contributed by atoms with E-state index in [0.29, 0.717) is 22.9 Å². The summed E-state index contributed by atoms with van der Waals surface area (Å²) in [5, 5.41) is 2.31. The number of allylic oxidation sites excluding steroid dienone is 3. The third-order valence-corrected chi connectivity index (χ3v) is 16.1. The third-order valence-electron chi connectivity index (χ3n) is 16.1. The molecule has 4 heteroatoms. The van der Waals surface area contributed by atoms with Crippen LogP contribution in [0.3, 0.4) is 0 Å². The summed E-state index contributed by atoms with van der Waals surface area (Å²) in [7, 11) is 0. The summed E-state index contributed by atoms with van der Waals surface area (Å²) in [6, 6.07) is 57.9. The van der Waals surface area contributed by atoms with Crippen molar-refractivity contribution in [2.24, 2.45) is 17.8 Å². The van der Waals surface area contributed by atoms with Gasteiger partial charge in [0, 0.05) is 22.3 Å². The Labute approximate surface area is 374 Å². The third kappa shape index (κ3) is 5.38. The van der Waals surface area contributed by atoms with Crippen molar-refractivity contribution in [2.75, 3.05) is 0 Å². The van der Waals surface area contributed by atoms with Crippen LogP contribution in [0.5, 0.6) is 5.75 Å². The molecule has 0 radical (unpaired) electrons. The molecule has 4 bridgehead atoms. The zero-order valence-corrected chi connectivity index (χ0v) is 35.8. The van der Waals surface area contributed by atoms with Gasteiger partial charge in [0.1, 0.15) is 11.5 Å². The number of fused-ring (bicyclic) bond motifs is 9. The van der Waals surface area contributed by atoms with Crippen LogP contribution in [0.2, 0.25) is 0 Å². The zero-order chi connectivity index (χ0) is 42.0. The second kappa shape index (κ2) is 13.8. The van der Waals surface area contributed by atoms with E-state index in [0.717, 1.165) is 69.7 Å². The maximum absolute atomic E-state index is 6.64. The minimum atomic E-state index is -0.427. The molecule has 4 nitrogen and oxygen atoms in total. The Kier molecular flexibility index (Phi) is 7.88. The lowest BCUT2D eigenvalue weighted by Gasteiger charge is -2.57. The number of rotatable bonds is 5. The Morgan fingerprint density at radius 2 is 1.08 bits per heavy atom. The number of aromatic nitrogens is 3. The highest BCUT2D eigenvalue weighted by molar-refractivity contribution is 5.95. The second-order valence-electron chi connectivity index (χ2n) is 19.6. The van der Waals surface area contributed by atoms with Crippen molar-refractivity contribution in [1.29, 1.82) is 0 Å². The van der Waals surface area contributed by atoms with Gasteiger partial charge in [-0.2, -0.15) is 0 Å². The fraction of sp³-hybridized carbons (Fsp3) is 0.217. The molecule has 1 atom stereocenters. The molecule has 0 saturated heterocycles. The van der Waals surface area contributed by atoms with Gasteiger partial charge >= 0.3 is 0 Å². The molecule has 6 aliphatic carbocycles. The number of para-hydroxylation sites is 1. The molecule has 1 spiro atoms. The molecule has 4 saturated carbocycles. The van der Waals surface area contributed by atoms with Gasteiger partial charge in [-0.05, 0) is 148 Å². The van der Waals surface area contributed by atoms with E-state index in [1.54, 1.807) is 0 Å². The average molecular weight is 826 g/mol. The van der Waals surface area contributed by atoms with Crippen molar-refractivity contribution in [3.8, 4) is 62.2 Å². The van der Waals surface area contributed by atoms with Gasteiger partial charge in [0.2, 0.25) is 0 Å². The van der Waals surface area contributed by atoms with Crippen LogP contribution in [0.25, 0.3) is 67.2 Å². The summed E-state index contributed by atoms with van der Waals surface area (Å²) in [4.78, 5) is 15.7. The van der Waals surface area contributed by atoms with E-state index in [2.05, 4.69) is 170 Å². The number of hydrogen-bond acceptors (Lipinski definition) is 4. The van der Waals surface area contributed by atoms with Gasteiger partial charge in [0.25, 0.3) is 0 Å². The Hall–Kier alpha value is -6.91. The van der Waals surface area contributed by atoms with Crippen molar-refractivity contribution in [3.05, 3.63) is 203 Å². The molecule has 7 aromatic carbocycles. The van der Waals surface area contributed by atoms with Crippen LogP contribution in [-0.4, -0.2) is 15.0 Å². The van der Waals surface area contributed by atoms with Crippen molar-refractivity contribution in [3.63, 3.8) is 0 Å². The van der Waals surface area contributed by atoms with Crippen molar-refractivity contribution < 1.29 is 4.74 Å². The normalized spacial score (nSPS) is 24.3. The van der Waals surface area contributed by atoms with Crippen LogP contribution in [0.4, 0.5) is 0 Å². The largest absolute Gasteiger partial charge is 0.457 e. The molecule has 1 unspecified atom stereocenters. The maximum Gasteiger partial charge on any atom is 0.164 e. The van der Waals surface area contributed by atoms with E-state index in [-0.39, 0.29) is 0 Å². The minimum Gasteiger partial charge on any atom is -0.457 e. The average Bonchev–Trinajstić information content (AvgIpc) is 3.63. The first kappa shape index (κ1) is 36.6. The lowest BCUT2D eigenvalue weighted by Crippen LogP contribution is -2.48. The van der Waals surface area contributed by atoms with Crippen LogP contribution in [-0.2, 0) is 10.8 Å². The molecule has 0 N–H and O–H groups in total. The fourth-order valence-corrected chi connectivity index (χ4v) is 13.8. The molecule has 64 heavy (non-hydrogen) atoms. The van der Waals surface area contributed by atoms with E-state index in [9.17, 15) is 0 Å². The summed E-state index contributed by atoms with van der Waals surface area (Å²) in [5.74, 6) is 6.73. The standard InChI is InChI=1S/C60H47N3O/c1-2-12-46-41(10-1)11-9-14-49(46)58-62-56(61-57(63-58)43-24-27-45(28-25-43)59-34-37-30-38(35-59)32-39(31-37)36-59)42-22-20-40(21-23-42)44-26-29-48-47-13-3-4-15-50(47)60(53(48)33-44)51-16-5-7-18-54(51)64-55-19-8-6-17-52(55)60/h1-5,7-16,18-29,33,37-39H,6,17,30-32,34-36H2. The monoisotopic (exact) mass is 825 g/mol. The summed E-state index contributed by atoms with van der Waals surface area (Å²) < 4.78 is 6.64. The number of hydrogen-bond donors (Lipinski definition) is 0. The van der Waals surface area contributed by atoms with E-state index < -0.39 is 5.41 Å². The molecule has 7 aliphatic rings. The molecule has 8 aromatic rings. The second-order valence-corrected chi connectivity index (χ2v) is 19.6. The SMILES string of the molecule is C1=CC2=C(CC1)C1(c3ccccc3O2)c2ccccc2-c2ccc(-c3ccc(-c4nc(-c5ccc(C67CC8CC(CC(C8)C6)C7)cc5)nc(-c5cccc6ccccc56)n4)cc3)cc21. The van der Waals surface area contributed by atoms with E-state index in [4.69, 9.17) is 19.7 Å². The topological polar surface area (TPSA) is 47.9 Å². The van der Waals surface area contributed by atoms with Gasteiger partial charge in [-0.1, -0.05) is 152 Å². The lowest BCUT2D eigenvalue weighted by atomic mass is 9.48. The first-order chi connectivity index (χ1) is 31.6. The Morgan fingerprint density at radius 1 is 0.484 bits per heavy atom. The predicted octanol–water partition coefficient (Wildman–Crippen LogP) is 14.5. The van der Waals surface area contributed by atoms with Crippen molar-refractivity contribution in [2.45, 2.75) is 62.2 Å². The highest BCUT2D eigenvalue weighted by atomic mass is 16.5. The molecule has 4 fully saturated rings. The van der Waals surface area contributed by atoms with Crippen LogP contribution in [0, 0.1) is 17.8 Å². The van der Waals surface area contributed by atoms with Crippen molar-refractivity contribution >= 4 is 10.8 Å². The Balaban J connectivity index is 0.869. The van der Waals surface area contributed by atoms with Crippen LogP contribution >= 0.6 is 0 Å². The van der Waals surface area contributed by atoms with Crippen LogP contribution in [0.15, 0.2) is 181 Å². The summed E-state index contributed by atoms with van der Waals surface area (Å²) in [5.41, 5.74) is 14.6. The maximum atomic E-state index is 6.64. The van der Waals surface area contributed by atoms with E-state index in [1.807, 2.05) is 0 Å². The first-order valence-electron chi connectivity index (χ1n) is 23.5. The Bertz CT molecular complexity index is 3250. The molecule has 2 heterocycles. The smallest absolute Gasteiger partial charge is 0.164 e. The van der Waals surface area contributed by atoms with Crippen LogP contribution < -0.4 is 4.74 Å². The van der Waals surface area contributed by atoms with Gasteiger partial charge in [0.05, 0.1) is 5.41 Å². The van der Waals surface area contributed by atoms with Gasteiger partial charge in [-0.15, -0.1) is 0 Å². The minimum absolute atomic E-state index is 0.347. The first-order valence-corrected chi connectivity index (χ1v) is 23.5. The molecule has 0 amide bonds. The number of ether oxygens (including phenoxy) is 1. The van der Waals surface area contributed by atoms with Gasteiger partial charge < -0.3 is 4.74 Å². The number of nitrogens with zero attached hydrogens (tertiary/aromatic N) is 3. The predicted molar refractivity (Wildman–Crippen MR) is 257 cm³/mol. The number of benzene rings is 7. The molecule has 1 aliphatic heterocycles. The van der Waals surface area contributed by atoms with Gasteiger partial charge in [-0.3, -0.25) is 0 Å². The summed E-state index contributed by atoms with van der Waals surface area (Å²) in [6.45, 7) is 0. The van der Waals surface area contributed by atoms with E-state index >= 15 is 0 Å². The molecule has 308 valence electrons. The zero-order valence-electron chi connectivity index (χ0n) is 35.8. The summed E-state index contributed by atoms with van der Waals surface area (Å²) in [6.07, 6.45) is 14.8.